The smallest absolute Gasteiger partial charge is 0.437 e. The lowest BCUT2D eigenvalue weighted by molar-refractivity contribution is -0.161. The summed E-state index contributed by atoms with van der Waals surface area (Å²) >= 11 is 0. The number of aliphatic hydroxyl groups is 1. The number of hydrogen-bond donors (Lipinski definition) is 5. The van der Waals surface area contributed by atoms with E-state index in [1.807, 2.05) is 0 Å². The van der Waals surface area contributed by atoms with E-state index >= 15 is 4.39 Å². The minimum atomic E-state index is -5.22. The molecule has 288 valence electrons. The van der Waals surface area contributed by atoms with Crippen LogP contribution in [0.3, 0.4) is 0 Å². The van der Waals surface area contributed by atoms with Gasteiger partial charge >= 0.3 is 21.6 Å². The molecule has 10 atom stereocenters. The largest absolute Gasteiger partial charge is 0.478 e. The quantitative estimate of drug-likeness (QED) is 0.102. The van der Waals surface area contributed by atoms with Gasteiger partial charge in [0.15, 0.2) is 41.3 Å². The van der Waals surface area contributed by atoms with Crippen LogP contribution in [0.5, 0.6) is 0 Å². The van der Waals surface area contributed by atoms with Crippen molar-refractivity contribution in [3.8, 4) is 0 Å². The molecule has 24 nitrogen and oxygen atoms in total. The number of alkyl halides is 1. The van der Waals surface area contributed by atoms with Gasteiger partial charge in [0.2, 0.25) is 12.7 Å². The molecule has 7 N–H and O–H groups in total. The van der Waals surface area contributed by atoms with Gasteiger partial charge in [-0.15, -0.1) is 0 Å². The van der Waals surface area contributed by atoms with Crippen LogP contribution in [0, 0.1) is 5.41 Å². The topological polar surface area (TPSA) is 325 Å². The van der Waals surface area contributed by atoms with Gasteiger partial charge in [-0.1, -0.05) is 0 Å². The van der Waals surface area contributed by atoms with Crippen LogP contribution < -0.4 is 17.0 Å². The summed E-state index contributed by atoms with van der Waals surface area (Å²) in [7, 11) is -10.3. The van der Waals surface area contributed by atoms with Crippen molar-refractivity contribution >= 4 is 55.7 Å². The summed E-state index contributed by atoms with van der Waals surface area (Å²) in [6.45, 7) is 1.85. The minimum absolute atomic E-state index is 0.0213. The molecule has 0 saturated carbocycles. The third-order valence-electron chi connectivity index (χ3n) is 8.28. The van der Waals surface area contributed by atoms with E-state index in [4.69, 9.17) is 48.3 Å². The molecule has 7 rings (SSSR count). The van der Waals surface area contributed by atoms with Crippen LogP contribution in [-0.2, 0) is 50.8 Å². The molecule has 3 fully saturated rings. The first-order chi connectivity index (χ1) is 24.9. The van der Waals surface area contributed by atoms with Crippen LogP contribution in [0.2, 0.25) is 0 Å². The van der Waals surface area contributed by atoms with Gasteiger partial charge in [-0.3, -0.25) is 41.8 Å². The number of anilines is 2. The summed E-state index contributed by atoms with van der Waals surface area (Å²) in [6.07, 6.45) is -10.8. The molecule has 0 spiro atoms. The summed E-state index contributed by atoms with van der Waals surface area (Å²) in [5, 5.41) is 11.4. The molecular formula is C26H33FN10O14P2. The third kappa shape index (κ3) is 7.17. The first kappa shape index (κ1) is 37.3. The van der Waals surface area contributed by atoms with E-state index in [2.05, 4.69) is 29.9 Å². The monoisotopic (exact) mass is 790 g/mol. The number of nitrogens with zero attached hydrogens (tertiary/aromatic N) is 7. The number of imidazole rings is 2. The van der Waals surface area contributed by atoms with E-state index < -0.39 is 102 Å². The number of fused-ring (bicyclic) bond motifs is 5. The van der Waals surface area contributed by atoms with Crippen LogP contribution >= 0.6 is 15.6 Å². The number of nitrogens with two attached hydrogens (primary N) is 2. The van der Waals surface area contributed by atoms with E-state index in [1.54, 1.807) is 20.8 Å². The van der Waals surface area contributed by atoms with Crippen molar-refractivity contribution in [1.82, 2.24) is 39.0 Å². The minimum Gasteiger partial charge on any atom is -0.437 e. The number of aromatic nitrogens is 8. The number of nitrogens with one attached hydrogen (secondary N) is 1. The number of hydrogen-bond acceptors (Lipinski definition) is 20. The summed E-state index contributed by atoms with van der Waals surface area (Å²) in [5.41, 5.74) is 9.64. The maximum absolute atomic E-state index is 16.3. The molecular weight excluding hydrogens is 757 g/mol. The fraction of sp³-hybridized carbons (Fsp3) is 0.577. The Bertz CT molecular complexity index is 2200. The van der Waals surface area contributed by atoms with Crippen molar-refractivity contribution in [2.75, 3.05) is 31.5 Å². The number of phosphoric ester groups is 2. The average Bonchev–Trinajstić information content (AvgIpc) is 3.84. The van der Waals surface area contributed by atoms with E-state index in [-0.39, 0.29) is 34.1 Å². The molecule has 2 bridgehead atoms. The summed E-state index contributed by atoms with van der Waals surface area (Å²) in [5.74, 6) is -1.10. The number of carbonyl (C=O) groups excluding carboxylic acids is 1. The molecule has 4 unspecified atom stereocenters. The first-order valence-electron chi connectivity index (χ1n) is 15.6. The van der Waals surface area contributed by atoms with E-state index in [0.29, 0.717) is 0 Å². The number of H-pyrrole nitrogens is 1. The van der Waals surface area contributed by atoms with Gasteiger partial charge in [0, 0.05) is 0 Å². The second-order valence-corrected chi connectivity index (χ2v) is 16.0. The molecule has 0 aliphatic carbocycles. The van der Waals surface area contributed by atoms with Gasteiger partial charge in [-0.2, -0.15) is 4.98 Å². The number of ether oxygens (including phenoxy) is 3. The van der Waals surface area contributed by atoms with E-state index in [1.165, 1.54) is 0 Å². The predicted molar refractivity (Wildman–Crippen MR) is 172 cm³/mol. The van der Waals surface area contributed by atoms with Crippen LogP contribution in [-0.4, -0.2) is 112 Å². The molecule has 3 aliphatic heterocycles. The lowest BCUT2D eigenvalue weighted by Crippen LogP contribution is -2.36. The number of halogens is 1. The van der Waals surface area contributed by atoms with Crippen molar-refractivity contribution in [3.63, 3.8) is 0 Å². The second-order valence-electron chi connectivity index (χ2n) is 13.0. The van der Waals surface area contributed by atoms with Gasteiger partial charge in [-0.25, -0.2) is 38.0 Å². The van der Waals surface area contributed by atoms with Crippen molar-refractivity contribution in [2.45, 2.75) is 69.9 Å². The van der Waals surface area contributed by atoms with Crippen LogP contribution in [0.4, 0.5) is 16.2 Å². The Labute approximate surface area is 296 Å². The molecule has 4 aromatic heterocycles. The number of aromatic amines is 1. The van der Waals surface area contributed by atoms with Gasteiger partial charge in [0.05, 0.1) is 31.3 Å². The zero-order valence-corrected chi connectivity index (χ0v) is 29.6. The predicted octanol–water partition coefficient (Wildman–Crippen LogP) is 0.207. The number of rotatable bonds is 5. The summed E-state index contributed by atoms with van der Waals surface area (Å²) in [4.78, 5) is 58.0. The number of nitrogen functional groups attached to an aromatic ring is 2. The highest BCUT2D eigenvalue weighted by atomic mass is 31.2. The average molecular weight is 791 g/mol. The Morgan fingerprint density at radius 3 is 2.42 bits per heavy atom. The van der Waals surface area contributed by atoms with Gasteiger partial charge < -0.3 is 35.7 Å². The number of esters is 1. The molecule has 3 saturated heterocycles. The van der Waals surface area contributed by atoms with Crippen molar-refractivity contribution in [2.24, 2.45) is 5.41 Å². The van der Waals surface area contributed by atoms with Crippen LogP contribution in [0.1, 0.15) is 33.2 Å². The van der Waals surface area contributed by atoms with Crippen molar-refractivity contribution < 1.29 is 65.1 Å². The van der Waals surface area contributed by atoms with Gasteiger partial charge in [0.1, 0.15) is 42.4 Å². The van der Waals surface area contributed by atoms with Crippen LogP contribution in [0.25, 0.3) is 22.3 Å². The van der Waals surface area contributed by atoms with Crippen molar-refractivity contribution in [1.29, 1.82) is 0 Å². The Kier molecular flexibility index (Phi) is 9.64. The Morgan fingerprint density at radius 2 is 1.68 bits per heavy atom. The molecule has 4 aromatic rings. The van der Waals surface area contributed by atoms with Crippen LogP contribution in [0.15, 0.2) is 23.8 Å². The molecule has 53 heavy (non-hydrogen) atoms. The number of aliphatic hydroxyl groups excluding tert-OH is 1. The molecule has 0 radical (unpaired) electrons. The zero-order chi connectivity index (χ0) is 38.0. The SMILES string of the molecule is CC(C)(C)C(=O)OCOP1(=O)OC[C@H]2O[C@@H](n3cnc4c(N)ncnc43)[C@@H](F)C2OP(=O)(O)OC[C@H]2O[C@@H](n3cnc4c(=O)[nH]c(N)nc43)[C@@H](O1)C2O. The van der Waals surface area contributed by atoms with Crippen molar-refractivity contribution in [3.05, 3.63) is 29.3 Å². The summed E-state index contributed by atoms with van der Waals surface area (Å²) < 4.78 is 90.2. The highest BCUT2D eigenvalue weighted by Crippen LogP contribution is 2.56. The second kappa shape index (κ2) is 13.7. The molecule has 27 heteroatoms. The highest BCUT2D eigenvalue weighted by molar-refractivity contribution is 7.48. The lowest BCUT2D eigenvalue weighted by atomic mass is 9.98. The highest BCUT2D eigenvalue weighted by Gasteiger charge is 2.55. The number of phosphoric acid groups is 2. The fourth-order valence-electron chi connectivity index (χ4n) is 5.68. The molecule has 3 aliphatic rings. The molecule has 7 heterocycles. The zero-order valence-electron chi connectivity index (χ0n) is 27.8. The van der Waals surface area contributed by atoms with E-state index in [9.17, 15) is 28.7 Å². The summed E-state index contributed by atoms with van der Waals surface area (Å²) in [6, 6.07) is 0. The lowest BCUT2D eigenvalue weighted by Gasteiger charge is -2.27. The fourth-order valence-corrected chi connectivity index (χ4v) is 7.87. The number of carbonyl (C=O) groups is 1. The van der Waals surface area contributed by atoms with Gasteiger partial charge in [-0.05, 0) is 20.8 Å². The Hall–Kier alpha value is -4.00. The van der Waals surface area contributed by atoms with E-state index in [0.717, 1.165) is 28.1 Å². The standard InChI is InChI=1S/C26H33FN10O14P2/c1-26(2,3)24(40)44-9-47-53(43)46-5-11-16(12(27)22(49-11)36-7-32-13-18(28)30-6-31-19(13)36)50-52(41,42)45-4-10-15(38)17(51-53)23(48-10)37-8-33-14-20(37)34-25(29)35-21(14)39/h6-8,10-12,15-17,22-23,38H,4-5,9H2,1-3H3,(H,41,42)(H2,28,30,31)(H3,29,34,35,39)/t10-,11-,12+,15?,16?,17+,22-,23-,53?/m1/s1. The third-order valence-corrected chi connectivity index (χ3v) is 10.7. The molecule has 0 amide bonds. The Balaban J connectivity index is 1.24. The van der Waals surface area contributed by atoms with Gasteiger partial charge in [0.25, 0.3) is 5.56 Å². The molecule has 0 aromatic carbocycles. The maximum atomic E-state index is 16.3. The Morgan fingerprint density at radius 1 is 1.00 bits per heavy atom. The first-order valence-corrected chi connectivity index (χ1v) is 18.6. The normalized spacial score (nSPS) is 34.0. The maximum Gasteiger partial charge on any atom is 0.478 e.